The highest BCUT2D eigenvalue weighted by atomic mass is 32.2. The second-order valence-corrected chi connectivity index (χ2v) is 6.16. The number of hydrogen-bond acceptors (Lipinski definition) is 4. The van der Waals surface area contributed by atoms with Crippen molar-refractivity contribution in [3.63, 3.8) is 0 Å². The minimum Gasteiger partial charge on any atom is -0.385 e. The Balaban J connectivity index is 2.07. The van der Waals surface area contributed by atoms with Gasteiger partial charge in [0.15, 0.2) is 0 Å². The number of amides is 1. The van der Waals surface area contributed by atoms with Crippen molar-refractivity contribution in [1.29, 1.82) is 0 Å². The van der Waals surface area contributed by atoms with E-state index in [1.54, 1.807) is 7.11 Å². The third kappa shape index (κ3) is 6.61. The van der Waals surface area contributed by atoms with Crippen molar-refractivity contribution >= 4 is 17.7 Å². The number of hydrogen-bond donors (Lipinski definition) is 2. The summed E-state index contributed by atoms with van der Waals surface area (Å²) >= 11 is 2.03. The topological polar surface area (TPSA) is 50.4 Å². The van der Waals surface area contributed by atoms with E-state index in [2.05, 4.69) is 10.6 Å². The molecule has 0 aromatic rings. The maximum atomic E-state index is 11.8. The fourth-order valence-corrected chi connectivity index (χ4v) is 3.20. The highest BCUT2D eigenvalue weighted by molar-refractivity contribution is 7.99. The Bertz CT molecular complexity index is 233. The minimum absolute atomic E-state index is 0.0897. The van der Waals surface area contributed by atoms with Crippen LogP contribution in [0.1, 0.15) is 32.6 Å². The molecule has 1 aliphatic heterocycles. The van der Waals surface area contributed by atoms with Gasteiger partial charge in [0.05, 0.1) is 6.04 Å². The van der Waals surface area contributed by atoms with Crippen LogP contribution in [0.3, 0.4) is 0 Å². The molecule has 4 nitrogen and oxygen atoms in total. The van der Waals surface area contributed by atoms with Gasteiger partial charge < -0.3 is 15.4 Å². The van der Waals surface area contributed by atoms with Gasteiger partial charge in [-0.3, -0.25) is 4.79 Å². The normalized spacial score (nSPS) is 21.6. The predicted octanol–water partition coefficient (Wildman–Crippen LogP) is 1.40. The monoisotopic (exact) mass is 274 g/mol. The molecule has 2 N–H and O–H groups in total. The van der Waals surface area contributed by atoms with Gasteiger partial charge in [-0.2, -0.15) is 11.8 Å². The third-order valence-corrected chi connectivity index (χ3v) is 4.54. The van der Waals surface area contributed by atoms with Gasteiger partial charge in [-0.05, 0) is 31.9 Å². The van der Waals surface area contributed by atoms with Crippen molar-refractivity contribution in [2.45, 2.75) is 43.9 Å². The molecule has 5 heteroatoms. The molecule has 18 heavy (non-hydrogen) atoms. The largest absolute Gasteiger partial charge is 0.385 e. The van der Waals surface area contributed by atoms with Crippen molar-refractivity contribution in [3.8, 4) is 0 Å². The van der Waals surface area contributed by atoms with E-state index < -0.39 is 0 Å². The van der Waals surface area contributed by atoms with E-state index in [0.717, 1.165) is 13.0 Å². The van der Waals surface area contributed by atoms with E-state index >= 15 is 0 Å². The van der Waals surface area contributed by atoms with E-state index in [0.29, 0.717) is 18.4 Å². The van der Waals surface area contributed by atoms with Crippen LogP contribution in [-0.2, 0) is 9.53 Å². The van der Waals surface area contributed by atoms with Crippen LogP contribution in [0.5, 0.6) is 0 Å². The fourth-order valence-electron chi connectivity index (χ4n) is 1.95. The van der Waals surface area contributed by atoms with Crippen LogP contribution in [0.4, 0.5) is 0 Å². The molecule has 1 heterocycles. The maximum absolute atomic E-state index is 11.8. The first-order valence-electron chi connectivity index (χ1n) is 6.85. The molecule has 2 atom stereocenters. The number of methoxy groups -OCH3 is 1. The Morgan fingerprint density at radius 1 is 1.50 bits per heavy atom. The Hall–Kier alpha value is -0.260. The quantitative estimate of drug-likeness (QED) is 0.657. The van der Waals surface area contributed by atoms with Crippen molar-refractivity contribution in [1.82, 2.24) is 10.6 Å². The van der Waals surface area contributed by atoms with E-state index in [-0.39, 0.29) is 11.9 Å². The molecule has 2 unspecified atom stereocenters. The van der Waals surface area contributed by atoms with Crippen molar-refractivity contribution < 1.29 is 9.53 Å². The molecule has 0 aromatic heterocycles. The molecule has 0 aromatic carbocycles. The standard InChI is InChI=1S/C13H26N2O2S/c1-11(13(16)14-7-5-8-17-2)15-10-12-6-3-4-9-18-12/h11-12,15H,3-10H2,1-2H3,(H,14,16). The Kier molecular flexibility index (Phi) is 8.46. The smallest absolute Gasteiger partial charge is 0.236 e. The van der Waals surface area contributed by atoms with Gasteiger partial charge in [-0.1, -0.05) is 6.42 Å². The van der Waals surface area contributed by atoms with Crippen LogP contribution in [0.25, 0.3) is 0 Å². The predicted molar refractivity (Wildman–Crippen MR) is 77.1 cm³/mol. The first-order valence-corrected chi connectivity index (χ1v) is 7.90. The summed E-state index contributed by atoms with van der Waals surface area (Å²) in [4.78, 5) is 11.8. The lowest BCUT2D eigenvalue weighted by Gasteiger charge is -2.23. The molecule has 1 fully saturated rings. The van der Waals surface area contributed by atoms with Crippen molar-refractivity contribution in [2.75, 3.05) is 32.6 Å². The van der Waals surface area contributed by atoms with Crippen LogP contribution < -0.4 is 10.6 Å². The fraction of sp³-hybridized carbons (Fsp3) is 0.923. The summed E-state index contributed by atoms with van der Waals surface area (Å²) in [5, 5.41) is 6.93. The molecule has 1 amide bonds. The highest BCUT2D eigenvalue weighted by Crippen LogP contribution is 2.24. The number of carbonyl (C=O) groups excluding carboxylic acids is 1. The van der Waals surface area contributed by atoms with Gasteiger partial charge in [0.25, 0.3) is 0 Å². The zero-order valence-corrected chi connectivity index (χ0v) is 12.4. The number of rotatable bonds is 8. The lowest BCUT2D eigenvalue weighted by Crippen LogP contribution is -2.44. The Morgan fingerprint density at radius 2 is 2.33 bits per heavy atom. The number of carbonyl (C=O) groups is 1. The highest BCUT2D eigenvalue weighted by Gasteiger charge is 2.17. The van der Waals surface area contributed by atoms with E-state index in [9.17, 15) is 4.79 Å². The molecule has 0 bridgehead atoms. The van der Waals surface area contributed by atoms with Crippen LogP contribution in [0.15, 0.2) is 0 Å². The number of thioether (sulfide) groups is 1. The molecule has 1 saturated heterocycles. The van der Waals surface area contributed by atoms with Gasteiger partial charge in [0, 0.05) is 32.1 Å². The second kappa shape index (κ2) is 9.64. The first kappa shape index (κ1) is 15.8. The van der Waals surface area contributed by atoms with Crippen molar-refractivity contribution in [3.05, 3.63) is 0 Å². The lowest BCUT2D eigenvalue weighted by molar-refractivity contribution is -0.122. The molecule has 0 spiro atoms. The molecule has 1 rings (SSSR count). The van der Waals surface area contributed by atoms with Gasteiger partial charge >= 0.3 is 0 Å². The molecular formula is C13H26N2O2S. The summed E-state index contributed by atoms with van der Waals surface area (Å²) < 4.78 is 4.94. The zero-order valence-electron chi connectivity index (χ0n) is 11.5. The SMILES string of the molecule is COCCCNC(=O)C(C)NCC1CCCCS1. The van der Waals surface area contributed by atoms with Crippen LogP contribution in [0.2, 0.25) is 0 Å². The van der Waals surface area contributed by atoms with Gasteiger partial charge in [0.1, 0.15) is 0 Å². The van der Waals surface area contributed by atoms with Gasteiger partial charge in [0.2, 0.25) is 5.91 Å². The summed E-state index contributed by atoms with van der Waals surface area (Å²) in [7, 11) is 1.67. The molecule has 0 saturated carbocycles. The second-order valence-electron chi connectivity index (χ2n) is 4.76. The van der Waals surface area contributed by atoms with E-state index in [1.807, 2.05) is 18.7 Å². The third-order valence-electron chi connectivity index (χ3n) is 3.14. The molecule has 0 radical (unpaired) electrons. The summed E-state index contributed by atoms with van der Waals surface area (Å²) in [6, 6.07) is -0.102. The summed E-state index contributed by atoms with van der Waals surface area (Å²) in [5.41, 5.74) is 0. The molecular weight excluding hydrogens is 248 g/mol. The first-order chi connectivity index (χ1) is 8.74. The molecule has 106 valence electrons. The molecule has 1 aliphatic rings. The number of nitrogens with one attached hydrogen (secondary N) is 2. The van der Waals surface area contributed by atoms with Gasteiger partial charge in [-0.15, -0.1) is 0 Å². The van der Waals surface area contributed by atoms with Crippen molar-refractivity contribution in [2.24, 2.45) is 0 Å². The number of ether oxygens (including phenoxy) is 1. The van der Waals surface area contributed by atoms with Crippen LogP contribution >= 0.6 is 11.8 Å². The maximum Gasteiger partial charge on any atom is 0.236 e. The van der Waals surface area contributed by atoms with E-state index in [1.165, 1.54) is 25.0 Å². The van der Waals surface area contributed by atoms with Crippen LogP contribution in [-0.4, -0.2) is 49.8 Å². The molecule has 0 aliphatic carbocycles. The minimum atomic E-state index is -0.102. The van der Waals surface area contributed by atoms with Crippen LogP contribution in [0, 0.1) is 0 Å². The Morgan fingerprint density at radius 3 is 3.00 bits per heavy atom. The van der Waals surface area contributed by atoms with Gasteiger partial charge in [-0.25, -0.2) is 0 Å². The summed E-state index contributed by atoms with van der Waals surface area (Å²) in [6.07, 6.45) is 4.82. The zero-order chi connectivity index (χ0) is 13.2. The average Bonchev–Trinajstić information content (AvgIpc) is 2.42. The summed E-state index contributed by atoms with van der Waals surface area (Å²) in [6.45, 7) is 4.26. The average molecular weight is 274 g/mol. The lowest BCUT2D eigenvalue weighted by atomic mass is 10.2. The Labute approximate surface area is 115 Å². The summed E-state index contributed by atoms with van der Waals surface area (Å²) in [5.74, 6) is 1.36. The van der Waals surface area contributed by atoms with E-state index in [4.69, 9.17) is 4.74 Å².